The fourth-order valence-corrected chi connectivity index (χ4v) is 5.79. The highest BCUT2D eigenvalue weighted by Gasteiger charge is 2.59. The molecule has 6 heteroatoms. The van der Waals surface area contributed by atoms with Crippen molar-refractivity contribution >= 4 is 11.9 Å². The van der Waals surface area contributed by atoms with Gasteiger partial charge in [0.05, 0.1) is 6.61 Å². The first-order chi connectivity index (χ1) is 12.0. The fraction of sp³-hybridized carbons (Fsp3) is 0.800. The quantitative estimate of drug-likeness (QED) is 0.586. The monoisotopic (exact) mass is 366 g/mol. The molecule has 0 radical (unpaired) electrons. The van der Waals surface area contributed by atoms with Crippen molar-refractivity contribution in [3.05, 3.63) is 11.1 Å². The second-order valence-corrected chi connectivity index (χ2v) is 9.19. The van der Waals surface area contributed by atoms with Gasteiger partial charge in [-0.15, -0.1) is 0 Å². The number of fused-ring (bicyclic) bond motifs is 1. The number of esters is 2. The van der Waals surface area contributed by atoms with E-state index in [9.17, 15) is 19.8 Å². The topological polar surface area (TPSA) is 93.1 Å². The van der Waals surface area contributed by atoms with Gasteiger partial charge in [0.15, 0.2) is 6.10 Å². The highest BCUT2D eigenvalue weighted by molar-refractivity contribution is 5.77. The summed E-state index contributed by atoms with van der Waals surface area (Å²) in [4.78, 5) is 23.5. The van der Waals surface area contributed by atoms with Crippen LogP contribution in [0.2, 0.25) is 0 Å². The van der Waals surface area contributed by atoms with Gasteiger partial charge in [-0.25, -0.2) is 4.79 Å². The molecule has 0 aromatic heterocycles. The number of cyclic esters (lactones) is 1. The Morgan fingerprint density at radius 2 is 1.96 bits per heavy atom. The average molecular weight is 366 g/mol. The van der Waals surface area contributed by atoms with E-state index in [0.717, 1.165) is 17.6 Å². The van der Waals surface area contributed by atoms with Crippen molar-refractivity contribution in [2.24, 2.45) is 22.7 Å². The Hall–Kier alpha value is -1.40. The van der Waals surface area contributed by atoms with Gasteiger partial charge in [-0.1, -0.05) is 33.3 Å². The van der Waals surface area contributed by atoms with E-state index in [-0.39, 0.29) is 42.4 Å². The van der Waals surface area contributed by atoms with Crippen molar-refractivity contribution < 1.29 is 29.3 Å². The lowest BCUT2D eigenvalue weighted by Gasteiger charge is -2.43. The number of aliphatic hydroxyl groups excluding tert-OH is 2. The normalized spacial score (nSPS) is 41.8. The van der Waals surface area contributed by atoms with E-state index >= 15 is 0 Å². The highest BCUT2D eigenvalue weighted by atomic mass is 16.6. The Morgan fingerprint density at radius 3 is 2.46 bits per heavy atom. The predicted octanol–water partition coefficient (Wildman–Crippen LogP) is 1.98. The van der Waals surface area contributed by atoms with Crippen molar-refractivity contribution in [2.75, 3.05) is 6.61 Å². The van der Waals surface area contributed by atoms with E-state index < -0.39 is 23.6 Å². The molecule has 2 fully saturated rings. The number of carbonyl (C=O) groups is 2. The molecule has 0 spiro atoms. The van der Waals surface area contributed by atoms with E-state index in [2.05, 4.69) is 13.8 Å². The number of rotatable bonds is 3. The van der Waals surface area contributed by atoms with Crippen molar-refractivity contribution in [2.45, 2.75) is 72.2 Å². The number of hydrogen-bond donors (Lipinski definition) is 2. The minimum Gasteiger partial charge on any atom is -0.462 e. The number of hydrogen-bond acceptors (Lipinski definition) is 6. The lowest BCUT2D eigenvalue weighted by Crippen LogP contribution is -2.42. The molecule has 2 N–H and O–H groups in total. The minimum absolute atomic E-state index is 0.0194. The molecule has 3 rings (SSSR count). The minimum atomic E-state index is -1.10. The zero-order valence-corrected chi connectivity index (χ0v) is 16.2. The van der Waals surface area contributed by atoms with Crippen molar-refractivity contribution in [3.8, 4) is 0 Å². The summed E-state index contributed by atoms with van der Waals surface area (Å²) in [6, 6.07) is 0. The predicted molar refractivity (Wildman–Crippen MR) is 93.9 cm³/mol. The van der Waals surface area contributed by atoms with Crippen LogP contribution in [0.25, 0.3) is 0 Å². The third-order valence-corrected chi connectivity index (χ3v) is 6.43. The summed E-state index contributed by atoms with van der Waals surface area (Å²) in [7, 11) is 0. The van der Waals surface area contributed by atoms with Gasteiger partial charge in [0, 0.05) is 24.7 Å². The zero-order chi connectivity index (χ0) is 19.4. The molecule has 0 aromatic rings. The highest BCUT2D eigenvalue weighted by Crippen LogP contribution is 2.62. The van der Waals surface area contributed by atoms with E-state index in [1.807, 2.05) is 13.8 Å². The van der Waals surface area contributed by atoms with Gasteiger partial charge in [-0.3, -0.25) is 4.79 Å². The van der Waals surface area contributed by atoms with E-state index in [1.54, 1.807) is 0 Å². The Morgan fingerprint density at radius 1 is 1.31 bits per heavy atom. The standard InChI is InChI=1S/C20H30O6/c1-10-6-14(25-11(2)22)16-17(20(5,9-21)8-19(16,3)4)15(10)13-7-12(23)18(24)26-13/h10,12-14,16,21,23H,6-9H2,1-5H3/t10-,12-,13+,14+,16-,20-/m1/s1. The molecular weight excluding hydrogens is 336 g/mol. The number of ether oxygens (including phenoxy) is 2. The maximum atomic E-state index is 11.8. The van der Waals surface area contributed by atoms with Crippen LogP contribution in [0.4, 0.5) is 0 Å². The summed E-state index contributed by atoms with van der Waals surface area (Å²) < 4.78 is 11.2. The van der Waals surface area contributed by atoms with Crippen LogP contribution < -0.4 is 0 Å². The maximum absolute atomic E-state index is 11.8. The fourth-order valence-electron chi connectivity index (χ4n) is 5.79. The molecule has 6 atom stereocenters. The van der Waals surface area contributed by atoms with Gasteiger partial charge < -0.3 is 19.7 Å². The van der Waals surface area contributed by atoms with Gasteiger partial charge >= 0.3 is 11.9 Å². The summed E-state index contributed by atoms with van der Waals surface area (Å²) in [6.45, 7) is 9.74. The Bertz CT molecular complexity index is 651. The third-order valence-electron chi connectivity index (χ3n) is 6.43. The van der Waals surface area contributed by atoms with Crippen LogP contribution in [0.5, 0.6) is 0 Å². The second kappa shape index (κ2) is 6.34. The van der Waals surface area contributed by atoms with Crippen molar-refractivity contribution in [3.63, 3.8) is 0 Å². The van der Waals surface area contributed by atoms with E-state index in [1.165, 1.54) is 6.92 Å². The molecule has 6 nitrogen and oxygen atoms in total. The van der Waals surface area contributed by atoms with Gasteiger partial charge in [-0.05, 0) is 29.7 Å². The average Bonchev–Trinajstić information content (AvgIpc) is 2.94. The molecule has 1 saturated heterocycles. The van der Waals surface area contributed by atoms with E-state index in [4.69, 9.17) is 9.47 Å². The van der Waals surface area contributed by atoms with Crippen LogP contribution >= 0.6 is 0 Å². The van der Waals surface area contributed by atoms with Gasteiger partial charge in [0.2, 0.25) is 0 Å². The molecule has 1 saturated carbocycles. The summed E-state index contributed by atoms with van der Waals surface area (Å²) in [6.07, 6.45) is -0.171. The van der Waals surface area contributed by atoms with Crippen LogP contribution in [0.15, 0.2) is 11.1 Å². The smallest absolute Gasteiger partial charge is 0.335 e. The molecule has 0 bridgehead atoms. The van der Waals surface area contributed by atoms with Gasteiger partial charge in [0.25, 0.3) is 0 Å². The SMILES string of the molecule is CC(=O)O[C@H]1C[C@@H](C)C([C@@H]2C[C@@H](O)C(=O)O2)=C2[C@@H]1C(C)(C)C[C@]2(C)CO. The van der Waals surface area contributed by atoms with Gasteiger partial charge in [0.1, 0.15) is 12.2 Å². The lowest BCUT2D eigenvalue weighted by atomic mass is 9.66. The molecule has 0 amide bonds. The number of carbonyl (C=O) groups excluding carboxylic acids is 2. The summed E-state index contributed by atoms with van der Waals surface area (Å²) in [5, 5.41) is 20.1. The van der Waals surface area contributed by atoms with Crippen molar-refractivity contribution in [1.29, 1.82) is 0 Å². The lowest BCUT2D eigenvalue weighted by molar-refractivity contribution is -0.151. The Labute approximate surface area is 154 Å². The first-order valence-electron chi connectivity index (χ1n) is 9.41. The molecular formula is C20H30O6. The van der Waals surface area contributed by atoms with Crippen molar-refractivity contribution in [1.82, 2.24) is 0 Å². The zero-order valence-electron chi connectivity index (χ0n) is 16.2. The molecule has 0 unspecified atom stereocenters. The summed E-state index contributed by atoms with van der Waals surface area (Å²) in [5.74, 6) is -0.891. The molecule has 3 aliphatic rings. The van der Waals surface area contributed by atoms with Crippen LogP contribution in [0.1, 0.15) is 53.9 Å². The van der Waals surface area contributed by atoms with E-state index in [0.29, 0.717) is 6.42 Å². The first-order valence-corrected chi connectivity index (χ1v) is 9.41. The molecule has 2 aliphatic carbocycles. The number of aliphatic hydroxyl groups is 2. The maximum Gasteiger partial charge on any atom is 0.335 e. The first kappa shape index (κ1) is 19.4. The molecule has 26 heavy (non-hydrogen) atoms. The second-order valence-electron chi connectivity index (χ2n) is 9.19. The molecule has 1 heterocycles. The molecule has 1 aliphatic heterocycles. The van der Waals surface area contributed by atoms with Crippen LogP contribution in [0, 0.1) is 22.7 Å². The molecule has 146 valence electrons. The molecule has 0 aromatic carbocycles. The van der Waals surface area contributed by atoms with Crippen LogP contribution in [-0.4, -0.2) is 47.1 Å². The summed E-state index contributed by atoms with van der Waals surface area (Å²) in [5.41, 5.74) is 1.43. The summed E-state index contributed by atoms with van der Waals surface area (Å²) >= 11 is 0. The van der Waals surface area contributed by atoms with Crippen LogP contribution in [0.3, 0.4) is 0 Å². The third kappa shape index (κ3) is 2.97. The Kier molecular flexibility index (Phi) is 4.72. The van der Waals surface area contributed by atoms with Crippen LogP contribution in [-0.2, 0) is 19.1 Å². The largest absolute Gasteiger partial charge is 0.462 e. The van der Waals surface area contributed by atoms with Gasteiger partial charge in [-0.2, -0.15) is 0 Å². The Balaban J connectivity index is 2.14.